The van der Waals surface area contributed by atoms with Crippen LogP contribution in [0.2, 0.25) is 0 Å². The topological polar surface area (TPSA) is 149 Å². The standard InChI is InChI=1S/C32H33F3N2O8/c33-32(34,35)13-1-2-14-42-27-10-6-23(7-11-27)31(40)45-28-8-3-22(4-9-28)5-12-29(38)43-17-15-41-16-18-44-30(39)24-19-25(36)21-26(37)20-24/h3-12,19-21H,1-2,13-18,36-37H2/b12-5+. The summed E-state index contributed by atoms with van der Waals surface area (Å²) in [5.41, 5.74) is 13.2. The molecule has 3 rings (SSSR count). The first-order valence-electron chi connectivity index (χ1n) is 13.9. The number of hydrogen-bond acceptors (Lipinski definition) is 10. The molecule has 0 saturated heterocycles. The molecule has 0 atom stereocenters. The number of ether oxygens (including phenoxy) is 5. The Labute approximate surface area is 257 Å². The average molecular weight is 631 g/mol. The fraction of sp³-hybridized carbons (Fsp3) is 0.281. The Bertz CT molecular complexity index is 1420. The van der Waals surface area contributed by atoms with E-state index in [-0.39, 0.29) is 62.8 Å². The van der Waals surface area contributed by atoms with Gasteiger partial charge in [0.1, 0.15) is 24.7 Å². The largest absolute Gasteiger partial charge is 0.494 e. The van der Waals surface area contributed by atoms with Crippen LogP contribution in [0.15, 0.2) is 72.8 Å². The van der Waals surface area contributed by atoms with Crippen LogP contribution in [0.3, 0.4) is 0 Å². The van der Waals surface area contributed by atoms with E-state index in [2.05, 4.69) is 0 Å². The smallest absolute Gasteiger partial charge is 0.389 e. The SMILES string of the molecule is Nc1cc(N)cc(C(=O)OCCOCCOC(=O)/C=C/c2ccc(OC(=O)c3ccc(OCCCCC(F)(F)F)cc3)cc2)c1. The van der Waals surface area contributed by atoms with E-state index in [9.17, 15) is 27.6 Å². The second-order valence-electron chi connectivity index (χ2n) is 9.54. The molecule has 45 heavy (non-hydrogen) atoms. The summed E-state index contributed by atoms with van der Waals surface area (Å²) in [6.07, 6.45) is -2.02. The van der Waals surface area contributed by atoms with Gasteiger partial charge >= 0.3 is 24.1 Å². The Kier molecular flexibility index (Phi) is 13.2. The molecule has 3 aromatic rings. The van der Waals surface area contributed by atoms with E-state index < -0.39 is 30.5 Å². The van der Waals surface area contributed by atoms with Crippen LogP contribution in [-0.2, 0) is 19.0 Å². The Hall–Kier alpha value is -5.04. The highest BCUT2D eigenvalue weighted by atomic mass is 19.4. The molecule has 0 unspecified atom stereocenters. The van der Waals surface area contributed by atoms with Crippen LogP contribution in [0.25, 0.3) is 6.08 Å². The van der Waals surface area contributed by atoms with Gasteiger partial charge in [0.15, 0.2) is 0 Å². The second kappa shape index (κ2) is 17.3. The number of carbonyl (C=O) groups excluding carboxylic acids is 3. The lowest BCUT2D eigenvalue weighted by molar-refractivity contribution is -0.139. The van der Waals surface area contributed by atoms with Crippen molar-refractivity contribution < 1.29 is 51.2 Å². The van der Waals surface area contributed by atoms with Gasteiger partial charge in [0.25, 0.3) is 0 Å². The molecule has 3 aromatic carbocycles. The molecular weight excluding hydrogens is 597 g/mol. The van der Waals surface area contributed by atoms with Crippen molar-refractivity contribution in [2.75, 3.05) is 44.5 Å². The van der Waals surface area contributed by atoms with Crippen molar-refractivity contribution in [2.45, 2.75) is 25.4 Å². The van der Waals surface area contributed by atoms with E-state index >= 15 is 0 Å². The van der Waals surface area contributed by atoms with Gasteiger partial charge in [-0.25, -0.2) is 14.4 Å². The fourth-order valence-corrected chi connectivity index (χ4v) is 3.70. The van der Waals surface area contributed by atoms with Crippen molar-refractivity contribution in [3.63, 3.8) is 0 Å². The number of nitrogen functional groups attached to an aromatic ring is 2. The number of nitrogens with two attached hydrogens (primary N) is 2. The van der Waals surface area contributed by atoms with Gasteiger partial charge in [0.2, 0.25) is 0 Å². The first-order chi connectivity index (χ1) is 21.5. The molecule has 0 aromatic heterocycles. The van der Waals surface area contributed by atoms with Gasteiger partial charge in [0, 0.05) is 23.9 Å². The zero-order chi connectivity index (χ0) is 32.7. The van der Waals surface area contributed by atoms with Gasteiger partial charge in [0.05, 0.1) is 30.9 Å². The summed E-state index contributed by atoms with van der Waals surface area (Å²) in [4.78, 5) is 36.4. The Morgan fingerprint density at radius 3 is 1.96 bits per heavy atom. The molecule has 13 heteroatoms. The summed E-state index contributed by atoms with van der Waals surface area (Å²) >= 11 is 0. The lowest BCUT2D eigenvalue weighted by atomic mass is 10.2. The first-order valence-corrected chi connectivity index (χ1v) is 13.9. The zero-order valence-electron chi connectivity index (χ0n) is 24.2. The Morgan fingerprint density at radius 2 is 1.31 bits per heavy atom. The number of unbranched alkanes of at least 4 members (excludes halogenated alkanes) is 1. The third kappa shape index (κ3) is 13.4. The minimum absolute atomic E-state index is 0.00669. The number of hydrogen-bond donors (Lipinski definition) is 2. The predicted octanol–water partition coefficient (Wildman–Crippen LogP) is 5.61. The predicted molar refractivity (Wildman–Crippen MR) is 160 cm³/mol. The van der Waals surface area contributed by atoms with E-state index in [1.165, 1.54) is 54.6 Å². The molecule has 10 nitrogen and oxygen atoms in total. The maximum atomic E-state index is 12.4. The molecule has 0 aliphatic carbocycles. The molecule has 0 aliphatic rings. The highest BCUT2D eigenvalue weighted by molar-refractivity contribution is 5.92. The van der Waals surface area contributed by atoms with E-state index in [0.29, 0.717) is 22.7 Å². The van der Waals surface area contributed by atoms with Crippen molar-refractivity contribution in [3.8, 4) is 11.5 Å². The third-order valence-electron chi connectivity index (χ3n) is 5.86. The second-order valence-corrected chi connectivity index (χ2v) is 9.54. The van der Waals surface area contributed by atoms with Crippen LogP contribution in [0.4, 0.5) is 24.5 Å². The fourth-order valence-electron chi connectivity index (χ4n) is 3.70. The summed E-state index contributed by atoms with van der Waals surface area (Å²) in [6.45, 7) is 0.324. The maximum Gasteiger partial charge on any atom is 0.389 e. The number of rotatable bonds is 16. The Morgan fingerprint density at radius 1 is 0.689 bits per heavy atom. The summed E-state index contributed by atoms with van der Waals surface area (Å²) < 4.78 is 62.7. The third-order valence-corrected chi connectivity index (χ3v) is 5.86. The lowest BCUT2D eigenvalue weighted by Gasteiger charge is -2.09. The van der Waals surface area contributed by atoms with Crippen molar-refractivity contribution in [1.29, 1.82) is 0 Å². The molecule has 0 fully saturated rings. The lowest BCUT2D eigenvalue weighted by Crippen LogP contribution is -2.14. The van der Waals surface area contributed by atoms with Crippen molar-refractivity contribution in [1.82, 2.24) is 0 Å². The van der Waals surface area contributed by atoms with Gasteiger partial charge in [-0.3, -0.25) is 0 Å². The van der Waals surface area contributed by atoms with Crippen molar-refractivity contribution in [2.24, 2.45) is 0 Å². The van der Waals surface area contributed by atoms with E-state index in [0.717, 1.165) is 0 Å². The quantitative estimate of drug-likeness (QED) is 0.0672. The molecule has 0 spiro atoms. The molecule has 0 amide bonds. The number of halogens is 3. The molecule has 4 N–H and O–H groups in total. The van der Waals surface area contributed by atoms with Gasteiger partial charge in [-0.15, -0.1) is 0 Å². The van der Waals surface area contributed by atoms with E-state index in [1.807, 2.05) is 0 Å². The number of alkyl halides is 3. The van der Waals surface area contributed by atoms with E-state index in [4.69, 9.17) is 35.2 Å². The molecule has 0 aliphatic heterocycles. The molecular formula is C32H33F3N2O8. The number of benzene rings is 3. The van der Waals surface area contributed by atoms with Crippen LogP contribution in [-0.4, -0.2) is 57.1 Å². The van der Waals surface area contributed by atoms with Crippen LogP contribution < -0.4 is 20.9 Å². The maximum absolute atomic E-state index is 12.4. The van der Waals surface area contributed by atoms with Gasteiger partial charge in [-0.2, -0.15) is 13.2 Å². The van der Waals surface area contributed by atoms with Crippen LogP contribution >= 0.6 is 0 Å². The number of esters is 3. The number of anilines is 2. The summed E-state index contributed by atoms with van der Waals surface area (Å²) in [5.74, 6) is -1.07. The average Bonchev–Trinajstić information content (AvgIpc) is 2.99. The summed E-state index contributed by atoms with van der Waals surface area (Å²) in [5, 5.41) is 0. The highest BCUT2D eigenvalue weighted by Gasteiger charge is 2.25. The Balaban J connectivity index is 1.29. The van der Waals surface area contributed by atoms with Gasteiger partial charge in [-0.1, -0.05) is 12.1 Å². The van der Waals surface area contributed by atoms with Crippen molar-refractivity contribution in [3.05, 3.63) is 89.5 Å². The molecule has 0 heterocycles. The first kappa shape index (κ1) is 34.5. The molecule has 0 saturated carbocycles. The van der Waals surface area contributed by atoms with Gasteiger partial charge in [-0.05, 0) is 79.1 Å². The summed E-state index contributed by atoms with van der Waals surface area (Å²) in [6, 6.07) is 16.9. The number of carbonyl (C=O) groups is 3. The van der Waals surface area contributed by atoms with Crippen LogP contribution in [0.5, 0.6) is 11.5 Å². The highest BCUT2D eigenvalue weighted by Crippen LogP contribution is 2.23. The van der Waals surface area contributed by atoms with Crippen LogP contribution in [0.1, 0.15) is 45.5 Å². The minimum atomic E-state index is -4.18. The molecule has 0 radical (unpaired) electrons. The monoisotopic (exact) mass is 630 g/mol. The van der Waals surface area contributed by atoms with Gasteiger partial charge < -0.3 is 35.2 Å². The molecule has 0 bridgehead atoms. The minimum Gasteiger partial charge on any atom is -0.494 e. The normalized spacial score (nSPS) is 11.3. The zero-order valence-corrected chi connectivity index (χ0v) is 24.2. The van der Waals surface area contributed by atoms with E-state index in [1.54, 1.807) is 24.3 Å². The molecule has 240 valence electrons. The summed E-state index contributed by atoms with van der Waals surface area (Å²) in [7, 11) is 0. The van der Waals surface area contributed by atoms with Crippen molar-refractivity contribution >= 4 is 35.4 Å². The van der Waals surface area contributed by atoms with Crippen LogP contribution in [0, 0.1) is 0 Å².